The van der Waals surface area contributed by atoms with E-state index < -0.39 is 0 Å². The Morgan fingerprint density at radius 1 is 0.963 bits per heavy atom. The molecule has 0 unspecified atom stereocenters. The topological polar surface area (TPSA) is 0 Å². The molecular formula is C26H34N+. The minimum atomic E-state index is 0.527. The zero-order valence-corrected chi connectivity index (χ0v) is 17.6. The third kappa shape index (κ3) is 3.50. The van der Waals surface area contributed by atoms with Gasteiger partial charge in [-0.15, -0.1) is 0 Å². The van der Waals surface area contributed by atoms with Crippen LogP contribution in [-0.2, 0) is 6.54 Å². The predicted octanol–water partition coefficient (Wildman–Crippen LogP) is 6.23. The highest BCUT2D eigenvalue weighted by Gasteiger charge is 2.52. The van der Waals surface area contributed by atoms with Crippen LogP contribution >= 0.6 is 0 Å². The molecule has 0 amide bonds. The van der Waals surface area contributed by atoms with Gasteiger partial charge in [-0.2, -0.15) is 0 Å². The second kappa shape index (κ2) is 6.63. The molecule has 1 nitrogen and oxygen atoms in total. The smallest absolute Gasteiger partial charge is 0.104 e. The lowest BCUT2D eigenvalue weighted by Gasteiger charge is -2.57. The van der Waals surface area contributed by atoms with Crippen LogP contribution in [0.2, 0.25) is 0 Å². The van der Waals surface area contributed by atoms with E-state index in [1.807, 2.05) is 0 Å². The third-order valence-electron chi connectivity index (χ3n) is 7.21. The molecule has 1 saturated carbocycles. The first-order valence-corrected chi connectivity index (χ1v) is 10.4. The molecule has 2 aromatic carbocycles. The Hall–Kier alpha value is -1.86. The van der Waals surface area contributed by atoms with Gasteiger partial charge in [0.15, 0.2) is 0 Å². The van der Waals surface area contributed by atoms with Crippen molar-refractivity contribution in [3.63, 3.8) is 0 Å². The summed E-state index contributed by atoms with van der Waals surface area (Å²) in [5.74, 6) is 1.74. The van der Waals surface area contributed by atoms with Gasteiger partial charge >= 0.3 is 0 Å². The molecule has 1 heteroatoms. The Bertz CT molecular complexity index is 854. The van der Waals surface area contributed by atoms with Crippen LogP contribution < -0.4 is 0 Å². The molecule has 142 valence electrons. The van der Waals surface area contributed by atoms with E-state index in [2.05, 4.69) is 89.5 Å². The molecular weight excluding hydrogens is 326 g/mol. The molecule has 0 aliphatic heterocycles. The number of aryl methyl sites for hydroxylation is 1. The standard InChI is InChI=1S/C26H34N/c1-19-8-6-7-9-24(19)21-12-10-20(11-13-21)17-27(4,5)18-22-14-15-23-16-25(22)26(23,2)3/h6-14,23,25H,15-18H2,1-5H3/q+1/t23-,25-/m0/s1. The number of allylic oxidation sites excluding steroid dienone is 1. The van der Waals surface area contributed by atoms with Crippen LogP contribution in [0.1, 0.15) is 37.8 Å². The fraction of sp³-hybridized carbons (Fsp3) is 0.462. The summed E-state index contributed by atoms with van der Waals surface area (Å²) in [6.45, 7) is 9.40. The van der Waals surface area contributed by atoms with E-state index in [1.54, 1.807) is 5.57 Å². The molecule has 0 aromatic heterocycles. The van der Waals surface area contributed by atoms with Gasteiger partial charge in [-0.25, -0.2) is 0 Å². The number of rotatable bonds is 5. The predicted molar refractivity (Wildman–Crippen MR) is 115 cm³/mol. The highest BCUT2D eigenvalue weighted by atomic mass is 15.3. The summed E-state index contributed by atoms with van der Waals surface area (Å²) in [5, 5.41) is 0. The number of hydrogen-bond donors (Lipinski definition) is 0. The van der Waals surface area contributed by atoms with Gasteiger partial charge in [0.05, 0.1) is 14.1 Å². The monoisotopic (exact) mass is 360 g/mol. The lowest BCUT2D eigenvalue weighted by atomic mass is 9.49. The molecule has 1 fully saturated rings. The van der Waals surface area contributed by atoms with Gasteiger partial charge in [-0.05, 0) is 59.3 Å². The highest BCUT2D eigenvalue weighted by molar-refractivity contribution is 5.67. The molecule has 0 heterocycles. The van der Waals surface area contributed by atoms with Crippen molar-refractivity contribution in [2.24, 2.45) is 17.3 Å². The number of likely N-dealkylation sites (N-methyl/N-ethyl adjacent to an activating group) is 1. The average molecular weight is 361 g/mol. The van der Waals surface area contributed by atoms with Crippen molar-refractivity contribution in [3.8, 4) is 11.1 Å². The molecule has 0 saturated heterocycles. The van der Waals surface area contributed by atoms with Crippen molar-refractivity contribution in [2.75, 3.05) is 20.6 Å². The van der Waals surface area contributed by atoms with Crippen LogP contribution in [0.15, 0.2) is 60.2 Å². The molecule has 2 atom stereocenters. The van der Waals surface area contributed by atoms with E-state index in [1.165, 1.54) is 41.6 Å². The lowest BCUT2D eigenvalue weighted by Crippen LogP contribution is -2.52. The number of nitrogens with zero attached hydrogens (tertiary/aromatic N) is 1. The largest absolute Gasteiger partial charge is 0.321 e. The molecule has 27 heavy (non-hydrogen) atoms. The Labute approximate surface area is 165 Å². The van der Waals surface area contributed by atoms with E-state index in [-0.39, 0.29) is 0 Å². The quantitative estimate of drug-likeness (QED) is 0.438. The van der Waals surface area contributed by atoms with Gasteiger partial charge < -0.3 is 4.48 Å². The van der Waals surface area contributed by atoms with Crippen LogP contribution in [0.4, 0.5) is 0 Å². The van der Waals surface area contributed by atoms with E-state index in [4.69, 9.17) is 0 Å². The van der Waals surface area contributed by atoms with Crippen LogP contribution in [0.3, 0.4) is 0 Å². The molecule has 0 spiro atoms. The van der Waals surface area contributed by atoms with E-state index in [9.17, 15) is 0 Å². The number of fused-ring (bicyclic) bond motifs is 1. The Balaban J connectivity index is 1.45. The van der Waals surface area contributed by atoms with E-state index >= 15 is 0 Å². The van der Waals surface area contributed by atoms with Gasteiger partial charge in [0.2, 0.25) is 0 Å². The third-order valence-corrected chi connectivity index (χ3v) is 7.21. The molecule has 2 aromatic rings. The minimum Gasteiger partial charge on any atom is -0.321 e. The van der Waals surface area contributed by atoms with Gasteiger partial charge in [0, 0.05) is 5.56 Å². The summed E-state index contributed by atoms with van der Waals surface area (Å²) in [5.41, 5.74) is 7.67. The van der Waals surface area contributed by atoms with E-state index in [0.717, 1.165) is 22.9 Å². The highest BCUT2D eigenvalue weighted by Crippen LogP contribution is 2.59. The zero-order valence-electron chi connectivity index (χ0n) is 17.6. The number of quaternary nitrogens is 1. The minimum absolute atomic E-state index is 0.527. The molecule has 3 aliphatic carbocycles. The first-order valence-electron chi connectivity index (χ1n) is 10.4. The van der Waals surface area contributed by atoms with Crippen molar-refractivity contribution in [3.05, 3.63) is 71.3 Å². The second-order valence-corrected chi connectivity index (χ2v) is 10.1. The maximum absolute atomic E-state index is 2.56. The summed E-state index contributed by atoms with van der Waals surface area (Å²) in [6.07, 6.45) is 5.28. The summed E-state index contributed by atoms with van der Waals surface area (Å²) in [7, 11) is 4.77. The van der Waals surface area contributed by atoms with Gasteiger partial charge in [-0.1, -0.05) is 68.5 Å². The molecule has 0 radical (unpaired) electrons. The Kier molecular flexibility index (Phi) is 4.55. The van der Waals surface area contributed by atoms with Crippen molar-refractivity contribution in [2.45, 2.75) is 40.2 Å². The fourth-order valence-corrected chi connectivity index (χ4v) is 5.39. The Morgan fingerprint density at radius 2 is 1.67 bits per heavy atom. The van der Waals surface area contributed by atoms with E-state index in [0.29, 0.717) is 5.41 Å². The average Bonchev–Trinajstić information content (AvgIpc) is 2.62. The Morgan fingerprint density at radius 3 is 2.30 bits per heavy atom. The van der Waals surface area contributed by atoms with Gasteiger partial charge in [0.25, 0.3) is 0 Å². The number of benzene rings is 2. The molecule has 5 rings (SSSR count). The van der Waals surface area contributed by atoms with Gasteiger partial charge in [0.1, 0.15) is 13.1 Å². The van der Waals surface area contributed by atoms with Crippen LogP contribution in [0.5, 0.6) is 0 Å². The maximum Gasteiger partial charge on any atom is 0.104 e. The maximum atomic E-state index is 2.56. The van der Waals surface area contributed by atoms with Crippen LogP contribution in [0.25, 0.3) is 11.1 Å². The van der Waals surface area contributed by atoms with Crippen molar-refractivity contribution in [1.29, 1.82) is 0 Å². The van der Waals surface area contributed by atoms with Gasteiger partial charge in [-0.3, -0.25) is 0 Å². The SMILES string of the molecule is Cc1ccccc1-c1ccc(C[N+](C)(C)CC2=CC[C@H]3C[C@@H]2C3(C)C)cc1. The van der Waals surface area contributed by atoms with Crippen molar-refractivity contribution < 1.29 is 4.48 Å². The lowest BCUT2D eigenvalue weighted by molar-refractivity contribution is -0.899. The summed E-state index contributed by atoms with van der Waals surface area (Å²) >= 11 is 0. The molecule has 2 bridgehead atoms. The van der Waals surface area contributed by atoms with Crippen LogP contribution in [-0.4, -0.2) is 25.1 Å². The van der Waals surface area contributed by atoms with Crippen LogP contribution in [0, 0.1) is 24.2 Å². The summed E-state index contributed by atoms with van der Waals surface area (Å²) in [6, 6.07) is 17.9. The normalized spacial score (nSPS) is 23.5. The van der Waals surface area contributed by atoms with Crippen molar-refractivity contribution in [1.82, 2.24) is 0 Å². The summed E-state index contributed by atoms with van der Waals surface area (Å²) < 4.78 is 1.03. The fourth-order valence-electron chi connectivity index (χ4n) is 5.39. The van der Waals surface area contributed by atoms with Crippen molar-refractivity contribution >= 4 is 0 Å². The molecule has 0 N–H and O–H groups in total. The second-order valence-electron chi connectivity index (χ2n) is 10.1. The molecule has 3 aliphatic rings. The zero-order chi connectivity index (χ0) is 19.2. The summed E-state index contributed by atoms with van der Waals surface area (Å²) in [4.78, 5) is 0. The number of hydrogen-bond acceptors (Lipinski definition) is 0. The first-order chi connectivity index (χ1) is 12.8. The first kappa shape index (κ1) is 18.5.